The van der Waals surface area contributed by atoms with E-state index in [0.29, 0.717) is 24.4 Å². The first-order valence-electron chi connectivity index (χ1n) is 13.3. The van der Waals surface area contributed by atoms with Crippen LogP contribution in [0.15, 0.2) is 127 Å². The molecule has 0 saturated carbocycles. The van der Waals surface area contributed by atoms with Crippen molar-refractivity contribution in [3.05, 3.63) is 138 Å². The van der Waals surface area contributed by atoms with Crippen LogP contribution in [0.1, 0.15) is 40.7 Å². The van der Waals surface area contributed by atoms with E-state index in [0.717, 1.165) is 11.1 Å². The first-order valence-corrected chi connectivity index (χ1v) is 13.3. The molecule has 1 N–H and O–H groups in total. The molecule has 1 heterocycles. The smallest absolute Gasteiger partial charge is 0.305 e. The number of carbonyl (C=O) groups is 3. The van der Waals surface area contributed by atoms with Gasteiger partial charge in [0.25, 0.3) is 0 Å². The molecule has 0 saturated heterocycles. The summed E-state index contributed by atoms with van der Waals surface area (Å²) in [5, 5.41) is 4.30. The number of ketones is 1. The average molecular weight is 569 g/mol. The van der Waals surface area contributed by atoms with Crippen LogP contribution in [0.5, 0.6) is 0 Å². The summed E-state index contributed by atoms with van der Waals surface area (Å²) in [6, 6.07) is 34.2. The molecule has 8 heteroatoms. The SMILES string of the molecule is O=C(C[n+]1ccccc1)N/N=C(/CCC(=O)N(Cc1ccccc1)Cc1ccccc1)CC(=O)c1ccccc1.[Cl-]. The van der Waals surface area contributed by atoms with Crippen molar-refractivity contribution in [1.82, 2.24) is 10.3 Å². The van der Waals surface area contributed by atoms with Crippen LogP contribution in [-0.4, -0.2) is 28.2 Å². The Morgan fingerprint density at radius 2 is 1.20 bits per heavy atom. The van der Waals surface area contributed by atoms with E-state index in [9.17, 15) is 14.4 Å². The molecular weight excluding hydrogens is 536 g/mol. The summed E-state index contributed by atoms with van der Waals surface area (Å²) in [6.07, 6.45) is 3.99. The average Bonchev–Trinajstić information content (AvgIpc) is 3.00. The molecule has 0 unspecified atom stereocenters. The van der Waals surface area contributed by atoms with Crippen LogP contribution in [0.4, 0.5) is 0 Å². The minimum atomic E-state index is -0.318. The van der Waals surface area contributed by atoms with Gasteiger partial charge in [-0.2, -0.15) is 9.67 Å². The van der Waals surface area contributed by atoms with E-state index in [-0.39, 0.29) is 55.8 Å². The van der Waals surface area contributed by atoms with Crippen LogP contribution in [-0.2, 0) is 29.2 Å². The third-order valence-corrected chi connectivity index (χ3v) is 6.32. The quantitative estimate of drug-likeness (QED) is 0.115. The summed E-state index contributed by atoms with van der Waals surface area (Å²) in [5.41, 5.74) is 5.65. The highest BCUT2D eigenvalue weighted by Gasteiger charge is 2.18. The van der Waals surface area contributed by atoms with Gasteiger partial charge in [0.05, 0.1) is 6.42 Å². The van der Waals surface area contributed by atoms with Crippen molar-refractivity contribution < 1.29 is 31.4 Å². The zero-order valence-electron chi connectivity index (χ0n) is 22.7. The Bertz CT molecular complexity index is 1370. The van der Waals surface area contributed by atoms with Crippen molar-refractivity contribution in [2.45, 2.75) is 38.9 Å². The summed E-state index contributed by atoms with van der Waals surface area (Å²) in [5.74, 6) is -0.496. The van der Waals surface area contributed by atoms with Crippen molar-refractivity contribution in [2.24, 2.45) is 5.10 Å². The molecule has 41 heavy (non-hydrogen) atoms. The third kappa shape index (κ3) is 10.5. The largest absolute Gasteiger partial charge is 1.00 e. The minimum Gasteiger partial charge on any atom is -1.00 e. The maximum atomic E-state index is 13.5. The molecule has 0 aliphatic heterocycles. The second kappa shape index (κ2) is 16.5. The van der Waals surface area contributed by atoms with E-state index in [1.807, 2.05) is 89.8 Å². The van der Waals surface area contributed by atoms with Gasteiger partial charge >= 0.3 is 5.91 Å². The summed E-state index contributed by atoms with van der Waals surface area (Å²) in [4.78, 5) is 40.8. The van der Waals surface area contributed by atoms with Crippen LogP contribution in [0.3, 0.4) is 0 Å². The maximum Gasteiger partial charge on any atom is 0.305 e. The lowest BCUT2D eigenvalue weighted by Gasteiger charge is -2.23. The summed E-state index contributed by atoms with van der Waals surface area (Å²) in [7, 11) is 0. The minimum absolute atomic E-state index is 0. The van der Waals surface area contributed by atoms with Crippen LogP contribution in [0, 0.1) is 0 Å². The number of nitrogens with zero attached hydrogens (tertiary/aromatic N) is 3. The molecule has 0 aliphatic rings. The Labute approximate surface area is 246 Å². The number of hydrogen-bond acceptors (Lipinski definition) is 4. The lowest BCUT2D eigenvalue weighted by molar-refractivity contribution is -0.684. The lowest BCUT2D eigenvalue weighted by atomic mass is 10.0. The second-order valence-corrected chi connectivity index (χ2v) is 9.45. The van der Waals surface area contributed by atoms with E-state index in [4.69, 9.17) is 0 Å². The van der Waals surface area contributed by atoms with Gasteiger partial charge in [-0.25, -0.2) is 5.43 Å². The number of pyridine rings is 1. The van der Waals surface area contributed by atoms with E-state index >= 15 is 0 Å². The Hall–Kier alpha value is -4.62. The number of rotatable bonds is 13. The Morgan fingerprint density at radius 1 is 0.683 bits per heavy atom. The fraction of sp³-hybridized carbons (Fsp3) is 0.182. The van der Waals surface area contributed by atoms with Gasteiger partial charge < -0.3 is 17.3 Å². The summed E-state index contributed by atoms with van der Waals surface area (Å²) in [6.45, 7) is 1.02. The monoisotopic (exact) mass is 568 g/mol. The highest BCUT2D eigenvalue weighted by Crippen LogP contribution is 2.14. The fourth-order valence-corrected chi connectivity index (χ4v) is 4.23. The highest BCUT2D eigenvalue weighted by molar-refractivity contribution is 6.10. The molecule has 7 nitrogen and oxygen atoms in total. The molecule has 1 aromatic heterocycles. The molecule has 0 bridgehead atoms. The van der Waals surface area contributed by atoms with Crippen LogP contribution in [0.25, 0.3) is 0 Å². The van der Waals surface area contributed by atoms with Crippen LogP contribution >= 0.6 is 0 Å². The number of benzene rings is 3. The molecule has 0 radical (unpaired) electrons. The summed E-state index contributed by atoms with van der Waals surface area (Å²) < 4.78 is 1.73. The van der Waals surface area contributed by atoms with Crippen molar-refractivity contribution in [1.29, 1.82) is 0 Å². The second-order valence-electron chi connectivity index (χ2n) is 9.45. The van der Waals surface area contributed by atoms with Gasteiger partial charge in [0.1, 0.15) is 0 Å². The number of hydrazone groups is 1. The van der Waals surface area contributed by atoms with Crippen molar-refractivity contribution in [3.8, 4) is 0 Å². The zero-order chi connectivity index (χ0) is 28.0. The van der Waals surface area contributed by atoms with Gasteiger partial charge in [-0.05, 0) is 17.5 Å². The number of halogens is 1. The molecule has 0 fully saturated rings. The standard InChI is InChI=1S/C33H32N4O3.ClH/c38-31(29-17-9-3-10-18-29)23-30(34-35-32(39)26-36-21-11-4-12-22-36)19-20-33(40)37(24-27-13-5-1-6-14-27)25-28-15-7-2-8-16-28;/h1-18,21-22H,19-20,23-26H2;1H/b34-30-;. The van der Waals surface area contributed by atoms with Crippen LogP contribution < -0.4 is 22.4 Å². The van der Waals surface area contributed by atoms with Crippen molar-refractivity contribution >= 4 is 23.3 Å². The maximum absolute atomic E-state index is 13.5. The molecule has 3 aromatic carbocycles. The number of Topliss-reactive ketones (excluding diaryl/α,β-unsaturated/α-hetero) is 1. The van der Waals surface area contributed by atoms with Crippen LogP contribution in [0.2, 0.25) is 0 Å². The molecule has 210 valence electrons. The van der Waals surface area contributed by atoms with Gasteiger partial charge in [-0.3, -0.25) is 14.4 Å². The Balaban J connectivity index is 0.00000462. The van der Waals surface area contributed by atoms with Gasteiger partial charge in [-0.15, -0.1) is 0 Å². The molecule has 4 rings (SSSR count). The third-order valence-electron chi connectivity index (χ3n) is 6.32. The predicted molar refractivity (Wildman–Crippen MR) is 154 cm³/mol. The Kier molecular flexibility index (Phi) is 12.4. The lowest BCUT2D eigenvalue weighted by Crippen LogP contribution is -3.00. The molecule has 0 atom stereocenters. The molecule has 2 amide bonds. The van der Waals surface area contributed by atoms with E-state index in [2.05, 4.69) is 10.5 Å². The van der Waals surface area contributed by atoms with Gasteiger partial charge in [0, 0.05) is 42.9 Å². The summed E-state index contributed by atoms with van der Waals surface area (Å²) >= 11 is 0. The normalized spacial score (nSPS) is 10.8. The number of aromatic nitrogens is 1. The molecule has 4 aromatic rings. The number of hydrogen-bond donors (Lipinski definition) is 1. The topological polar surface area (TPSA) is 82.7 Å². The number of nitrogens with one attached hydrogen (secondary N) is 1. The van der Waals surface area contributed by atoms with Gasteiger partial charge in [0.15, 0.2) is 18.2 Å². The van der Waals surface area contributed by atoms with Gasteiger partial charge in [0.2, 0.25) is 12.5 Å². The first-order chi connectivity index (χ1) is 19.6. The highest BCUT2D eigenvalue weighted by atomic mass is 35.5. The molecule has 0 spiro atoms. The Morgan fingerprint density at radius 3 is 1.76 bits per heavy atom. The van der Waals surface area contributed by atoms with E-state index in [1.165, 1.54) is 0 Å². The predicted octanol–water partition coefficient (Wildman–Crippen LogP) is 1.73. The van der Waals surface area contributed by atoms with Crippen molar-refractivity contribution in [2.75, 3.05) is 0 Å². The zero-order valence-corrected chi connectivity index (χ0v) is 23.5. The number of amides is 2. The van der Waals surface area contributed by atoms with Gasteiger partial charge in [-0.1, -0.05) is 97.1 Å². The van der Waals surface area contributed by atoms with Crippen molar-refractivity contribution in [3.63, 3.8) is 0 Å². The fourth-order valence-electron chi connectivity index (χ4n) is 4.23. The molecular formula is C33H33ClN4O3. The first kappa shape index (κ1) is 30.9. The number of carbonyl (C=O) groups excluding carboxylic acids is 3. The van der Waals surface area contributed by atoms with E-state index < -0.39 is 0 Å². The molecule has 0 aliphatic carbocycles. The van der Waals surface area contributed by atoms with E-state index in [1.54, 1.807) is 41.2 Å².